The molecule has 0 radical (unpaired) electrons. The topological polar surface area (TPSA) is 9.23 Å². The second kappa shape index (κ2) is 5.29. The van der Waals surface area contributed by atoms with Gasteiger partial charge in [0.1, 0.15) is 5.75 Å². The van der Waals surface area contributed by atoms with Crippen LogP contribution in [0.25, 0.3) is 0 Å². The Kier molecular flexibility index (Phi) is 3.99. The molecule has 1 saturated carbocycles. The summed E-state index contributed by atoms with van der Waals surface area (Å²) in [7, 11) is 1.67. The van der Waals surface area contributed by atoms with Gasteiger partial charge in [-0.15, -0.1) is 11.6 Å². The Morgan fingerprint density at radius 2 is 2.19 bits per heavy atom. The van der Waals surface area contributed by atoms with Crippen LogP contribution in [0.3, 0.4) is 0 Å². The van der Waals surface area contributed by atoms with E-state index in [0.717, 1.165) is 28.7 Å². The number of hydrogen-bond donors (Lipinski definition) is 0. The van der Waals surface area contributed by atoms with E-state index >= 15 is 0 Å². The standard InChI is InChI=1S/C13H16Cl2O/c1-16-13-6-5-10(14)8-11(13)12(15)7-9-3-2-4-9/h5-6,8-9,12H,2-4,7H2,1H3. The molecular weight excluding hydrogens is 243 g/mol. The third kappa shape index (κ3) is 2.64. The van der Waals surface area contributed by atoms with Crippen LogP contribution in [0.2, 0.25) is 5.02 Å². The molecule has 0 heterocycles. The summed E-state index contributed by atoms with van der Waals surface area (Å²) in [6.45, 7) is 0. The molecule has 0 saturated heterocycles. The summed E-state index contributed by atoms with van der Waals surface area (Å²) in [5, 5.41) is 0.731. The van der Waals surface area contributed by atoms with Gasteiger partial charge in [0.05, 0.1) is 12.5 Å². The summed E-state index contributed by atoms with van der Waals surface area (Å²) >= 11 is 12.4. The molecule has 0 spiro atoms. The number of benzene rings is 1. The molecule has 2 rings (SSSR count). The van der Waals surface area contributed by atoms with Crippen LogP contribution < -0.4 is 4.74 Å². The van der Waals surface area contributed by atoms with Crippen molar-refractivity contribution < 1.29 is 4.74 Å². The third-order valence-corrected chi connectivity index (χ3v) is 3.94. The van der Waals surface area contributed by atoms with Gasteiger partial charge in [0.2, 0.25) is 0 Å². The molecule has 0 aliphatic heterocycles. The van der Waals surface area contributed by atoms with Gasteiger partial charge in [-0.25, -0.2) is 0 Å². The fourth-order valence-corrected chi connectivity index (χ4v) is 2.70. The van der Waals surface area contributed by atoms with Gasteiger partial charge in [-0.3, -0.25) is 0 Å². The van der Waals surface area contributed by atoms with Crippen LogP contribution in [-0.4, -0.2) is 7.11 Å². The van der Waals surface area contributed by atoms with Crippen molar-refractivity contribution in [2.75, 3.05) is 7.11 Å². The van der Waals surface area contributed by atoms with Gasteiger partial charge in [-0.05, 0) is 30.5 Å². The average molecular weight is 259 g/mol. The number of alkyl halides is 1. The molecule has 1 aliphatic rings. The van der Waals surface area contributed by atoms with E-state index in [4.69, 9.17) is 27.9 Å². The summed E-state index contributed by atoms with van der Waals surface area (Å²) in [4.78, 5) is 0. The Bertz CT molecular complexity index is 361. The molecule has 1 atom stereocenters. The monoisotopic (exact) mass is 258 g/mol. The molecular formula is C13H16Cl2O. The summed E-state index contributed by atoms with van der Waals surface area (Å²) < 4.78 is 5.31. The molecule has 1 aromatic rings. The van der Waals surface area contributed by atoms with E-state index in [2.05, 4.69) is 0 Å². The van der Waals surface area contributed by atoms with Crippen LogP contribution in [0.4, 0.5) is 0 Å². The Balaban J connectivity index is 2.13. The predicted octanol–water partition coefficient (Wildman–Crippen LogP) is 4.82. The summed E-state index contributed by atoms with van der Waals surface area (Å²) in [6, 6.07) is 5.63. The van der Waals surface area contributed by atoms with Crippen molar-refractivity contribution in [2.45, 2.75) is 31.1 Å². The van der Waals surface area contributed by atoms with Crippen molar-refractivity contribution in [1.29, 1.82) is 0 Å². The first-order valence-electron chi connectivity index (χ1n) is 5.68. The first-order chi connectivity index (χ1) is 7.70. The summed E-state index contributed by atoms with van der Waals surface area (Å²) in [5.74, 6) is 1.62. The Hall–Kier alpha value is -0.400. The molecule has 1 aliphatic carbocycles. The molecule has 1 aromatic carbocycles. The Morgan fingerprint density at radius 3 is 2.75 bits per heavy atom. The molecule has 1 unspecified atom stereocenters. The van der Waals surface area contributed by atoms with Crippen LogP contribution >= 0.6 is 23.2 Å². The fourth-order valence-electron chi connectivity index (χ4n) is 2.10. The normalized spacial score (nSPS) is 17.9. The lowest BCUT2D eigenvalue weighted by Gasteiger charge is -2.27. The minimum atomic E-state index is 0.0129. The highest BCUT2D eigenvalue weighted by atomic mass is 35.5. The molecule has 0 N–H and O–H groups in total. The quantitative estimate of drug-likeness (QED) is 0.704. The Labute approximate surface area is 107 Å². The predicted molar refractivity (Wildman–Crippen MR) is 68.6 cm³/mol. The lowest BCUT2D eigenvalue weighted by Crippen LogP contribution is -2.13. The maximum atomic E-state index is 6.43. The maximum absolute atomic E-state index is 6.43. The van der Waals surface area contributed by atoms with Gasteiger partial charge < -0.3 is 4.74 Å². The van der Waals surface area contributed by atoms with Crippen LogP contribution in [-0.2, 0) is 0 Å². The second-order valence-electron chi connectivity index (χ2n) is 4.39. The number of halogens is 2. The van der Waals surface area contributed by atoms with Gasteiger partial charge in [0, 0.05) is 10.6 Å². The van der Waals surface area contributed by atoms with Crippen molar-refractivity contribution in [3.8, 4) is 5.75 Å². The van der Waals surface area contributed by atoms with Crippen molar-refractivity contribution >= 4 is 23.2 Å². The van der Waals surface area contributed by atoms with Crippen LogP contribution in [0.1, 0.15) is 36.6 Å². The van der Waals surface area contributed by atoms with Gasteiger partial charge in [0.25, 0.3) is 0 Å². The lowest BCUT2D eigenvalue weighted by molar-refractivity contribution is 0.291. The zero-order chi connectivity index (χ0) is 11.5. The van der Waals surface area contributed by atoms with E-state index in [1.165, 1.54) is 19.3 Å². The third-order valence-electron chi connectivity index (χ3n) is 3.29. The van der Waals surface area contributed by atoms with E-state index < -0.39 is 0 Å². The highest BCUT2D eigenvalue weighted by Crippen LogP contribution is 2.41. The van der Waals surface area contributed by atoms with Crippen LogP contribution in [0.15, 0.2) is 18.2 Å². The molecule has 0 amide bonds. The first-order valence-corrected chi connectivity index (χ1v) is 6.49. The van der Waals surface area contributed by atoms with E-state index in [-0.39, 0.29) is 5.38 Å². The second-order valence-corrected chi connectivity index (χ2v) is 5.35. The number of hydrogen-bond acceptors (Lipinski definition) is 1. The molecule has 1 fully saturated rings. The van der Waals surface area contributed by atoms with E-state index in [9.17, 15) is 0 Å². The van der Waals surface area contributed by atoms with Gasteiger partial charge >= 0.3 is 0 Å². The molecule has 0 aromatic heterocycles. The largest absolute Gasteiger partial charge is 0.496 e. The lowest BCUT2D eigenvalue weighted by atomic mass is 9.81. The van der Waals surface area contributed by atoms with Gasteiger partial charge in [-0.1, -0.05) is 30.9 Å². The minimum absolute atomic E-state index is 0.0129. The summed E-state index contributed by atoms with van der Waals surface area (Å²) in [5.41, 5.74) is 1.02. The number of methoxy groups -OCH3 is 1. The van der Waals surface area contributed by atoms with Gasteiger partial charge in [0.15, 0.2) is 0 Å². The first kappa shape index (κ1) is 12.1. The average Bonchev–Trinajstić information content (AvgIpc) is 2.23. The smallest absolute Gasteiger partial charge is 0.123 e. The van der Waals surface area contributed by atoms with E-state index in [1.807, 2.05) is 18.2 Å². The molecule has 0 bridgehead atoms. The Morgan fingerprint density at radius 1 is 1.44 bits per heavy atom. The van der Waals surface area contributed by atoms with Crippen molar-refractivity contribution in [3.63, 3.8) is 0 Å². The molecule has 88 valence electrons. The SMILES string of the molecule is COc1ccc(Cl)cc1C(Cl)CC1CCC1. The summed E-state index contributed by atoms with van der Waals surface area (Å²) in [6.07, 6.45) is 5.00. The zero-order valence-corrected chi connectivity index (χ0v) is 10.9. The fraction of sp³-hybridized carbons (Fsp3) is 0.538. The highest BCUT2D eigenvalue weighted by molar-refractivity contribution is 6.31. The number of rotatable bonds is 4. The van der Waals surface area contributed by atoms with Gasteiger partial charge in [-0.2, -0.15) is 0 Å². The molecule has 1 nitrogen and oxygen atoms in total. The number of ether oxygens (including phenoxy) is 1. The zero-order valence-electron chi connectivity index (χ0n) is 9.38. The maximum Gasteiger partial charge on any atom is 0.123 e. The van der Waals surface area contributed by atoms with E-state index in [0.29, 0.717) is 0 Å². The molecule has 16 heavy (non-hydrogen) atoms. The van der Waals surface area contributed by atoms with E-state index in [1.54, 1.807) is 7.11 Å². The minimum Gasteiger partial charge on any atom is -0.496 e. The van der Waals surface area contributed by atoms with Crippen LogP contribution in [0.5, 0.6) is 5.75 Å². The van der Waals surface area contributed by atoms with Crippen molar-refractivity contribution in [1.82, 2.24) is 0 Å². The van der Waals surface area contributed by atoms with Crippen molar-refractivity contribution in [2.24, 2.45) is 5.92 Å². The van der Waals surface area contributed by atoms with Crippen LogP contribution in [0, 0.1) is 5.92 Å². The van der Waals surface area contributed by atoms with Crippen molar-refractivity contribution in [3.05, 3.63) is 28.8 Å². The highest BCUT2D eigenvalue weighted by Gasteiger charge is 2.23. The molecule has 3 heteroatoms.